The fourth-order valence-corrected chi connectivity index (χ4v) is 2.26. The van der Waals surface area contributed by atoms with Gasteiger partial charge in [-0.25, -0.2) is 0 Å². The van der Waals surface area contributed by atoms with E-state index in [0.29, 0.717) is 12.3 Å². The maximum absolute atomic E-state index is 12.2. The fraction of sp³-hybridized carbons (Fsp3) is 0.158. The summed E-state index contributed by atoms with van der Waals surface area (Å²) in [5, 5.41) is 2.86. The first kappa shape index (κ1) is 15.8. The first-order valence-corrected chi connectivity index (χ1v) is 7.68. The minimum absolute atomic E-state index is 0.174. The molecular formula is C19H18N2O3. The number of hydrogen-bond acceptors (Lipinski definition) is 4. The third-order valence-electron chi connectivity index (χ3n) is 3.54. The Balaban J connectivity index is 1.57. The molecule has 1 atom stereocenters. The first-order chi connectivity index (χ1) is 11.7. The second-order valence-corrected chi connectivity index (χ2v) is 5.38. The summed E-state index contributed by atoms with van der Waals surface area (Å²) in [6.45, 7) is 2.11. The second-order valence-electron chi connectivity index (χ2n) is 5.38. The third kappa shape index (κ3) is 4.01. The molecule has 3 aromatic rings. The number of hydrogen-bond donors (Lipinski definition) is 1. The van der Waals surface area contributed by atoms with Crippen LogP contribution in [-0.2, 0) is 11.3 Å². The molecule has 0 bridgehead atoms. The summed E-state index contributed by atoms with van der Waals surface area (Å²) in [5.41, 5.74) is 2.81. The van der Waals surface area contributed by atoms with Gasteiger partial charge in [0, 0.05) is 30.1 Å². The van der Waals surface area contributed by atoms with E-state index in [4.69, 9.17) is 9.15 Å². The third-order valence-corrected chi connectivity index (χ3v) is 3.54. The molecule has 1 aromatic carbocycles. The molecule has 5 nitrogen and oxygen atoms in total. The summed E-state index contributed by atoms with van der Waals surface area (Å²) in [6, 6.07) is 13.1. The molecule has 2 aromatic heterocycles. The van der Waals surface area contributed by atoms with Gasteiger partial charge < -0.3 is 14.5 Å². The number of amides is 1. The van der Waals surface area contributed by atoms with Gasteiger partial charge in [0.15, 0.2) is 6.10 Å². The molecule has 0 saturated heterocycles. The fourth-order valence-electron chi connectivity index (χ4n) is 2.26. The van der Waals surface area contributed by atoms with Crippen LogP contribution >= 0.6 is 0 Å². The number of aromatic nitrogens is 1. The van der Waals surface area contributed by atoms with E-state index >= 15 is 0 Å². The Morgan fingerprint density at radius 1 is 1.21 bits per heavy atom. The molecule has 0 saturated carbocycles. The van der Waals surface area contributed by atoms with Crippen LogP contribution in [0.2, 0.25) is 0 Å². The zero-order chi connectivity index (χ0) is 16.8. The molecule has 0 aliphatic carbocycles. The summed E-state index contributed by atoms with van der Waals surface area (Å²) >= 11 is 0. The Bertz CT molecular complexity index is 785. The lowest BCUT2D eigenvalue weighted by molar-refractivity contribution is -0.127. The highest BCUT2D eigenvalue weighted by molar-refractivity contribution is 5.80. The van der Waals surface area contributed by atoms with Gasteiger partial charge in [-0.3, -0.25) is 9.78 Å². The minimum Gasteiger partial charge on any atom is -0.481 e. The Morgan fingerprint density at radius 3 is 2.79 bits per heavy atom. The lowest BCUT2D eigenvalue weighted by Crippen LogP contribution is -2.35. The van der Waals surface area contributed by atoms with E-state index in [2.05, 4.69) is 10.3 Å². The lowest BCUT2D eigenvalue weighted by Gasteiger charge is -2.14. The highest BCUT2D eigenvalue weighted by Crippen LogP contribution is 2.19. The molecule has 3 rings (SSSR count). The van der Waals surface area contributed by atoms with Crippen LogP contribution in [0.25, 0.3) is 11.1 Å². The summed E-state index contributed by atoms with van der Waals surface area (Å²) in [4.78, 5) is 16.4. The molecule has 24 heavy (non-hydrogen) atoms. The molecule has 0 aliphatic heterocycles. The van der Waals surface area contributed by atoms with Gasteiger partial charge in [0.2, 0.25) is 0 Å². The molecule has 0 radical (unpaired) electrons. The number of nitrogens with one attached hydrogen (secondary N) is 1. The average molecular weight is 322 g/mol. The molecular weight excluding hydrogens is 304 g/mol. The van der Waals surface area contributed by atoms with Gasteiger partial charge in [0.1, 0.15) is 5.75 Å². The van der Waals surface area contributed by atoms with Crippen LogP contribution in [0.15, 0.2) is 71.8 Å². The van der Waals surface area contributed by atoms with Crippen LogP contribution in [0.4, 0.5) is 0 Å². The van der Waals surface area contributed by atoms with E-state index in [1.807, 2.05) is 42.5 Å². The zero-order valence-corrected chi connectivity index (χ0v) is 13.3. The Kier molecular flexibility index (Phi) is 4.91. The van der Waals surface area contributed by atoms with E-state index in [0.717, 1.165) is 16.7 Å². The summed E-state index contributed by atoms with van der Waals surface area (Å²) in [6.07, 6.45) is 6.20. The van der Waals surface area contributed by atoms with Crippen molar-refractivity contribution in [2.45, 2.75) is 19.6 Å². The molecule has 1 N–H and O–H groups in total. The highest BCUT2D eigenvalue weighted by atomic mass is 16.5. The second kappa shape index (κ2) is 7.46. The number of carbonyl (C=O) groups excluding carboxylic acids is 1. The molecule has 0 unspecified atom stereocenters. The van der Waals surface area contributed by atoms with Crippen LogP contribution in [0.1, 0.15) is 12.5 Å². The zero-order valence-electron chi connectivity index (χ0n) is 13.3. The molecule has 0 spiro atoms. The van der Waals surface area contributed by atoms with E-state index < -0.39 is 6.10 Å². The number of carbonyl (C=O) groups is 1. The molecule has 2 heterocycles. The van der Waals surface area contributed by atoms with Gasteiger partial charge in [-0.1, -0.05) is 18.2 Å². The van der Waals surface area contributed by atoms with Crippen LogP contribution in [0, 0.1) is 0 Å². The van der Waals surface area contributed by atoms with Crippen molar-refractivity contribution in [1.82, 2.24) is 10.3 Å². The van der Waals surface area contributed by atoms with E-state index in [-0.39, 0.29) is 5.91 Å². The Hall–Kier alpha value is -3.08. The SMILES string of the molecule is C[C@H](Oc1ccccc1)C(=O)NCc1cncc(-c2ccoc2)c1. The summed E-state index contributed by atoms with van der Waals surface area (Å²) in [7, 11) is 0. The van der Waals surface area contributed by atoms with Crippen LogP contribution in [0.5, 0.6) is 5.75 Å². The van der Waals surface area contributed by atoms with Crippen molar-refractivity contribution in [3.05, 3.63) is 72.9 Å². The maximum atomic E-state index is 12.2. The molecule has 122 valence electrons. The van der Waals surface area contributed by atoms with Crippen molar-refractivity contribution in [3.63, 3.8) is 0 Å². The summed E-state index contributed by atoms with van der Waals surface area (Å²) in [5.74, 6) is 0.497. The number of rotatable bonds is 6. The predicted octanol–water partition coefficient (Wildman–Crippen LogP) is 3.43. The maximum Gasteiger partial charge on any atom is 0.261 e. The van der Waals surface area contributed by atoms with Crippen molar-refractivity contribution in [3.8, 4) is 16.9 Å². The largest absolute Gasteiger partial charge is 0.481 e. The number of benzene rings is 1. The van der Waals surface area contributed by atoms with Gasteiger partial charge in [0.05, 0.1) is 12.5 Å². The van der Waals surface area contributed by atoms with Crippen LogP contribution in [-0.4, -0.2) is 17.0 Å². The standard InChI is InChI=1S/C19H18N2O3/c1-14(24-18-5-3-2-4-6-18)19(22)21-11-15-9-17(12-20-10-15)16-7-8-23-13-16/h2-10,12-14H,11H2,1H3,(H,21,22)/t14-/m0/s1. The van der Waals surface area contributed by atoms with E-state index in [1.54, 1.807) is 31.8 Å². The predicted molar refractivity (Wildman–Crippen MR) is 90.3 cm³/mol. The van der Waals surface area contributed by atoms with Crippen LogP contribution < -0.4 is 10.1 Å². The summed E-state index contributed by atoms with van der Waals surface area (Å²) < 4.78 is 10.7. The molecule has 0 fully saturated rings. The smallest absolute Gasteiger partial charge is 0.261 e. The van der Waals surface area contributed by atoms with Gasteiger partial charge in [-0.15, -0.1) is 0 Å². The normalized spacial score (nSPS) is 11.7. The number of ether oxygens (including phenoxy) is 1. The number of furan rings is 1. The molecule has 1 amide bonds. The topological polar surface area (TPSA) is 64.4 Å². The van der Waals surface area contributed by atoms with Gasteiger partial charge >= 0.3 is 0 Å². The number of pyridine rings is 1. The van der Waals surface area contributed by atoms with Gasteiger partial charge in [-0.2, -0.15) is 0 Å². The van der Waals surface area contributed by atoms with Crippen molar-refractivity contribution in [2.75, 3.05) is 0 Å². The molecule has 5 heteroatoms. The van der Waals surface area contributed by atoms with Crippen molar-refractivity contribution in [1.29, 1.82) is 0 Å². The van der Waals surface area contributed by atoms with Crippen molar-refractivity contribution < 1.29 is 13.9 Å². The average Bonchev–Trinajstić information content (AvgIpc) is 3.15. The van der Waals surface area contributed by atoms with E-state index in [1.165, 1.54) is 0 Å². The molecule has 0 aliphatic rings. The quantitative estimate of drug-likeness (QED) is 0.755. The number of nitrogens with zero attached hydrogens (tertiary/aromatic N) is 1. The van der Waals surface area contributed by atoms with Crippen molar-refractivity contribution in [2.24, 2.45) is 0 Å². The minimum atomic E-state index is -0.572. The van der Waals surface area contributed by atoms with Gasteiger partial charge in [-0.05, 0) is 36.8 Å². The number of para-hydroxylation sites is 1. The van der Waals surface area contributed by atoms with E-state index in [9.17, 15) is 4.79 Å². The van der Waals surface area contributed by atoms with Crippen molar-refractivity contribution >= 4 is 5.91 Å². The van der Waals surface area contributed by atoms with Crippen LogP contribution in [0.3, 0.4) is 0 Å². The Morgan fingerprint density at radius 2 is 2.04 bits per heavy atom. The first-order valence-electron chi connectivity index (χ1n) is 7.68. The van der Waals surface area contributed by atoms with Gasteiger partial charge in [0.25, 0.3) is 5.91 Å². The lowest BCUT2D eigenvalue weighted by atomic mass is 10.1. The monoisotopic (exact) mass is 322 g/mol. The highest BCUT2D eigenvalue weighted by Gasteiger charge is 2.14. The Labute approximate surface area is 140 Å².